The standard InChI is InChI=1S/C9H13F3N2O4/c1-3-4(7(16)17)2-13-6(5(3)15)14-8(18)9(10,11)12/h3-6,13,15H,2H2,1H3,(H,14,18)(H,16,17). The number of halogens is 3. The van der Waals surface area contributed by atoms with Crippen molar-refractivity contribution >= 4 is 11.9 Å². The average Bonchev–Trinajstić information content (AvgIpc) is 2.22. The van der Waals surface area contributed by atoms with Gasteiger partial charge in [-0.3, -0.25) is 14.9 Å². The van der Waals surface area contributed by atoms with Gasteiger partial charge in [-0.15, -0.1) is 0 Å². The third-order valence-electron chi connectivity index (χ3n) is 2.93. The van der Waals surface area contributed by atoms with Crippen molar-refractivity contribution in [1.82, 2.24) is 10.6 Å². The summed E-state index contributed by atoms with van der Waals surface area (Å²) in [6.07, 6.45) is -7.77. The highest BCUT2D eigenvalue weighted by atomic mass is 19.4. The maximum absolute atomic E-state index is 12.0. The summed E-state index contributed by atoms with van der Waals surface area (Å²) in [6, 6.07) is 0. The van der Waals surface area contributed by atoms with Crippen molar-refractivity contribution in [2.75, 3.05) is 6.54 Å². The van der Waals surface area contributed by atoms with Gasteiger partial charge in [-0.1, -0.05) is 6.92 Å². The zero-order chi connectivity index (χ0) is 14.1. The molecule has 4 N–H and O–H groups in total. The van der Waals surface area contributed by atoms with Gasteiger partial charge in [-0.2, -0.15) is 13.2 Å². The van der Waals surface area contributed by atoms with Gasteiger partial charge in [0.15, 0.2) is 0 Å². The van der Waals surface area contributed by atoms with Crippen LogP contribution in [0.15, 0.2) is 0 Å². The third kappa shape index (κ3) is 3.10. The minimum atomic E-state index is -5.05. The summed E-state index contributed by atoms with van der Waals surface area (Å²) in [5, 5.41) is 22.4. The summed E-state index contributed by atoms with van der Waals surface area (Å²) in [4.78, 5) is 21.5. The predicted octanol–water partition coefficient (Wildman–Crippen LogP) is -0.708. The Morgan fingerprint density at radius 1 is 1.39 bits per heavy atom. The van der Waals surface area contributed by atoms with Crippen LogP contribution in [0.4, 0.5) is 13.2 Å². The first-order chi connectivity index (χ1) is 8.14. The van der Waals surface area contributed by atoms with Gasteiger partial charge in [-0.05, 0) is 5.92 Å². The van der Waals surface area contributed by atoms with E-state index in [-0.39, 0.29) is 6.54 Å². The van der Waals surface area contributed by atoms with Gasteiger partial charge in [0.05, 0.1) is 12.0 Å². The van der Waals surface area contributed by atoms with Crippen LogP contribution in [-0.4, -0.2) is 47.1 Å². The number of aliphatic hydroxyl groups excluding tert-OH is 1. The van der Waals surface area contributed by atoms with E-state index in [1.54, 1.807) is 5.32 Å². The summed E-state index contributed by atoms with van der Waals surface area (Å²) in [5.41, 5.74) is 0. The summed E-state index contributed by atoms with van der Waals surface area (Å²) in [7, 11) is 0. The van der Waals surface area contributed by atoms with Crippen molar-refractivity contribution in [2.45, 2.75) is 25.4 Å². The monoisotopic (exact) mass is 270 g/mol. The van der Waals surface area contributed by atoms with Crippen molar-refractivity contribution in [3.63, 3.8) is 0 Å². The summed E-state index contributed by atoms with van der Waals surface area (Å²) in [5.74, 6) is -5.03. The number of aliphatic carboxylic acids is 1. The highest BCUT2D eigenvalue weighted by Gasteiger charge is 2.44. The van der Waals surface area contributed by atoms with Crippen LogP contribution in [-0.2, 0) is 9.59 Å². The molecule has 1 amide bonds. The fraction of sp³-hybridized carbons (Fsp3) is 0.778. The van der Waals surface area contributed by atoms with Gasteiger partial charge in [0.2, 0.25) is 0 Å². The maximum Gasteiger partial charge on any atom is 0.471 e. The van der Waals surface area contributed by atoms with E-state index in [0.29, 0.717) is 0 Å². The highest BCUT2D eigenvalue weighted by Crippen LogP contribution is 2.23. The molecule has 1 aliphatic heterocycles. The molecule has 4 unspecified atom stereocenters. The molecule has 1 heterocycles. The average molecular weight is 270 g/mol. The number of hydrogen-bond acceptors (Lipinski definition) is 4. The second-order valence-electron chi connectivity index (χ2n) is 4.15. The van der Waals surface area contributed by atoms with Crippen LogP contribution in [0.2, 0.25) is 0 Å². The van der Waals surface area contributed by atoms with Crippen molar-refractivity contribution in [3.8, 4) is 0 Å². The fourth-order valence-electron chi connectivity index (χ4n) is 1.77. The quantitative estimate of drug-likeness (QED) is 0.531. The van der Waals surface area contributed by atoms with Crippen molar-refractivity contribution in [3.05, 3.63) is 0 Å². The molecule has 0 radical (unpaired) electrons. The summed E-state index contributed by atoms with van der Waals surface area (Å²) >= 11 is 0. The first kappa shape index (κ1) is 14.7. The number of carbonyl (C=O) groups excluding carboxylic acids is 1. The molecule has 18 heavy (non-hydrogen) atoms. The van der Waals surface area contributed by atoms with Crippen LogP contribution in [0.5, 0.6) is 0 Å². The Bertz CT molecular complexity index is 347. The van der Waals surface area contributed by atoms with Crippen LogP contribution in [0.3, 0.4) is 0 Å². The second kappa shape index (κ2) is 5.11. The van der Waals surface area contributed by atoms with Crippen LogP contribution < -0.4 is 10.6 Å². The molecule has 0 aromatic heterocycles. The number of alkyl halides is 3. The molecule has 0 bridgehead atoms. The third-order valence-corrected chi connectivity index (χ3v) is 2.93. The van der Waals surface area contributed by atoms with Gasteiger partial charge in [0, 0.05) is 6.54 Å². The largest absolute Gasteiger partial charge is 0.481 e. The van der Waals surface area contributed by atoms with E-state index in [9.17, 15) is 27.9 Å². The number of carboxylic acids is 1. The lowest BCUT2D eigenvalue weighted by molar-refractivity contribution is -0.176. The maximum atomic E-state index is 12.0. The minimum absolute atomic E-state index is 0.129. The molecule has 0 aromatic rings. The van der Waals surface area contributed by atoms with Crippen molar-refractivity contribution < 1.29 is 33.0 Å². The lowest BCUT2D eigenvalue weighted by Crippen LogP contribution is -2.63. The molecule has 1 rings (SSSR count). The molecule has 1 fully saturated rings. The molecule has 6 nitrogen and oxygen atoms in total. The smallest absolute Gasteiger partial charge is 0.471 e. The first-order valence-corrected chi connectivity index (χ1v) is 5.16. The molecule has 104 valence electrons. The molecular formula is C9H13F3N2O4. The lowest BCUT2D eigenvalue weighted by Gasteiger charge is -2.37. The van der Waals surface area contributed by atoms with Crippen LogP contribution in [0.1, 0.15) is 6.92 Å². The Morgan fingerprint density at radius 3 is 2.39 bits per heavy atom. The van der Waals surface area contributed by atoms with Gasteiger partial charge in [0.25, 0.3) is 0 Å². The molecule has 0 spiro atoms. The van der Waals surface area contributed by atoms with Crippen LogP contribution >= 0.6 is 0 Å². The van der Waals surface area contributed by atoms with Crippen molar-refractivity contribution in [2.24, 2.45) is 11.8 Å². The Morgan fingerprint density at radius 2 is 1.94 bits per heavy atom. The number of carbonyl (C=O) groups is 2. The molecule has 0 aromatic carbocycles. The number of hydrogen-bond donors (Lipinski definition) is 4. The van der Waals surface area contributed by atoms with Gasteiger partial charge < -0.3 is 15.5 Å². The summed E-state index contributed by atoms with van der Waals surface area (Å²) < 4.78 is 36.1. The Balaban J connectivity index is 2.67. The van der Waals surface area contributed by atoms with Crippen molar-refractivity contribution in [1.29, 1.82) is 0 Å². The molecule has 4 atom stereocenters. The van der Waals surface area contributed by atoms with E-state index in [0.717, 1.165) is 0 Å². The van der Waals surface area contributed by atoms with E-state index >= 15 is 0 Å². The molecule has 9 heteroatoms. The number of amides is 1. The lowest BCUT2D eigenvalue weighted by atomic mass is 9.84. The minimum Gasteiger partial charge on any atom is -0.481 e. The van der Waals surface area contributed by atoms with E-state index in [1.165, 1.54) is 6.92 Å². The number of piperidine rings is 1. The molecular weight excluding hydrogens is 257 g/mol. The first-order valence-electron chi connectivity index (χ1n) is 5.16. The van der Waals surface area contributed by atoms with Crippen LogP contribution in [0, 0.1) is 11.8 Å². The number of nitrogens with one attached hydrogen (secondary N) is 2. The Kier molecular flexibility index (Phi) is 4.17. The second-order valence-corrected chi connectivity index (χ2v) is 4.15. The molecule has 0 saturated carbocycles. The van der Waals surface area contributed by atoms with E-state index < -0.39 is 42.2 Å². The zero-order valence-corrected chi connectivity index (χ0v) is 9.36. The Labute approximate surface area is 100 Å². The molecule has 1 saturated heterocycles. The molecule has 0 aliphatic carbocycles. The zero-order valence-electron chi connectivity index (χ0n) is 9.36. The Hall–Kier alpha value is -1.35. The van der Waals surface area contributed by atoms with Crippen LogP contribution in [0.25, 0.3) is 0 Å². The SMILES string of the molecule is CC1C(C(=O)O)CNC(NC(=O)C(F)(F)F)C1O. The van der Waals surface area contributed by atoms with E-state index in [4.69, 9.17) is 5.11 Å². The number of rotatable bonds is 2. The molecule has 1 aliphatic rings. The summed E-state index contributed by atoms with van der Waals surface area (Å²) in [6.45, 7) is 1.27. The number of carboxylic acid groups (broad SMARTS) is 1. The van der Waals surface area contributed by atoms with E-state index in [1.807, 2.05) is 0 Å². The van der Waals surface area contributed by atoms with Gasteiger partial charge in [-0.25, -0.2) is 0 Å². The number of aliphatic hydroxyl groups is 1. The highest BCUT2D eigenvalue weighted by molar-refractivity contribution is 5.82. The normalized spacial score (nSPS) is 32.9. The fourth-order valence-corrected chi connectivity index (χ4v) is 1.77. The van der Waals surface area contributed by atoms with Gasteiger partial charge >= 0.3 is 18.1 Å². The van der Waals surface area contributed by atoms with E-state index in [2.05, 4.69) is 5.32 Å². The van der Waals surface area contributed by atoms with Gasteiger partial charge in [0.1, 0.15) is 6.17 Å². The topological polar surface area (TPSA) is 98.7 Å². The predicted molar refractivity (Wildman–Crippen MR) is 52.3 cm³/mol.